The lowest BCUT2D eigenvalue weighted by Gasteiger charge is -2.45. The number of nitrogens with two attached hydrogens (primary N) is 1. The van der Waals surface area contributed by atoms with Crippen LogP contribution in [0.1, 0.15) is 6.42 Å². The van der Waals surface area contributed by atoms with Crippen LogP contribution in [0.4, 0.5) is 14.9 Å². The van der Waals surface area contributed by atoms with Crippen molar-refractivity contribution in [3.05, 3.63) is 30.1 Å². The van der Waals surface area contributed by atoms with Gasteiger partial charge in [-0.15, -0.1) is 0 Å². The molecule has 102 valence electrons. The van der Waals surface area contributed by atoms with Crippen LogP contribution in [0, 0.1) is 11.7 Å². The molecule has 3 rings (SSSR count). The number of fused-ring (bicyclic) bond motifs is 1. The molecule has 5 nitrogen and oxygen atoms in total. The maximum Gasteiger partial charge on any atom is 0.319 e. The van der Waals surface area contributed by atoms with E-state index in [9.17, 15) is 9.18 Å². The first-order valence-corrected chi connectivity index (χ1v) is 6.36. The number of carbonyl (C=O) groups is 1. The molecule has 1 heterocycles. The van der Waals surface area contributed by atoms with Gasteiger partial charge in [-0.3, -0.25) is 0 Å². The van der Waals surface area contributed by atoms with E-state index in [0.29, 0.717) is 12.5 Å². The molecule has 4 unspecified atom stereocenters. The maximum atomic E-state index is 13.4. The highest BCUT2D eigenvalue weighted by molar-refractivity contribution is 5.89. The molecule has 0 aromatic heterocycles. The second-order valence-corrected chi connectivity index (χ2v) is 4.97. The van der Waals surface area contributed by atoms with Crippen LogP contribution in [-0.2, 0) is 4.74 Å². The van der Waals surface area contributed by atoms with Crippen LogP contribution < -0.4 is 16.4 Å². The largest absolute Gasteiger partial charge is 0.376 e. The molecule has 2 fully saturated rings. The molecule has 19 heavy (non-hydrogen) atoms. The number of urea groups is 1. The van der Waals surface area contributed by atoms with Crippen molar-refractivity contribution < 1.29 is 13.9 Å². The first kappa shape index (κ1) is 12.4. The third-order valence-corrected chi connectivity index (χ3v) is 3.87. The van der Waals surface area contributed by atoms with Gasteiger partial charge in [0.05, 0.1) is 17.8 Å². The fraction of sp³-hybridized carbons (Fsp3) is 0.462. The van der Waals surface area contributed by atoms with Gasteiger partial charge in [0.1, 0.15) is 5.82 Å². The lowest BCUT2D eigenvalue weighted by Crippen LogP contribution is -2.69. The summed E-state index contributed by atoms with van der Waals surface area (Å²) in [6, 6.07) is 5.28. The van der Waals surface area contributed by atoms with Gasteiger partial charge in [0.15, 0.2) is 0 Å². The summed E-state index contributed by atoms with van der Waals surface area (Å²) in [6.45, 7) is 0.691. The van der Waals surface area contributed by atoms with Crippen molar-refractivity contribution in [1.82, 2.24) is 5.32 Å². The second-order valence-electron chi connectivity index (χ2n) is 4.97. The van der Waals surface area contributed by atoms with E-state index in [-0.39, 0.29) is 23.9 Å². The molecule has 4 N–H and O–H groups in total. The average Bonchev–Trinajstić information content (AvgIpc) is 2.83. The molecule has 0 spiro atoms. The fourth-order valence-electron chi connectivity index (χ4n) is 2.80. The minimum absolute atomic E-state index is 0.00127. The summed E-state index contributed by atoms with van der Waals surface area (Å²) in [4.78, 5) is 11.8. The smallest absolute Gasteiger partial charge is 0.319 e. The zero-order valence-corrected chi connectivity index (χ0v) is 10.3. The Labute approximate surface area is 110 Å². The van der Waals surface area contributed by atoms with Crippen LogP contribution in [0.25, 0.3) is 0 Å². The Morgan fingerprint density at radius 2 is 2.21 bits per heavy atom. The Hall–Kier alpha value is -1.66. The molecular weight excluding hydrogens is 249 g/mol. The molecule has 0 bridgehead atoms. The molecule has 1 saturated carbocycles. The second kappa shape index (κ2) is 4.79. The Morgan fingerprint density at radius 1 is 1.42 bits per heavy atom. The summed E-state index contributed by atoms with van der Waals surface area (Å²) >= 11 is 0. The van der Waals surface area contributed by atoms with Crippen LogP contribution in [0.3, 0.4) is 0 Å². The minimum atomic E-state index is -0.467. The first-order valence-electron chi connectivity index (χ1n) is 6.36. The van der Waals surface area contributed by atoms with E-state index in [1.165, 1.54) is 12.1 Å². The van der Waals surface area contributed by atoms with Gasteiger partial charge in [-0.05, 0) is 18.6 Å². The number of halogens is 1. The summed E-state index contributed by atoms with van der Waals surface area (Å²) < 4.78 is 18.9. The lowest BCUT2D eigenvalue weighted by atomic mass is 9.72. The van der Waals surface area contributed by atoms with Gasteiger partial charge in [-0.1, -0.05) is 12.1 Å². The fourth-order valence-corrected chi connectivity index (χ4v) is 2.80. The quantitative estimate of drug-likeness (QED) is 0.748. The summed E-state index contributed by atoms with van der Waals surface area (Å²) in [7, 11) is 0. The van der Waals surface area contributed by atoms with Gasteiger partial charge in [0.2, 0.25) is 0 Å². The normalized spacial score (nSPS) is 32.3. The number of rotatable bonds is 2. The Bertz CT molecular complexity index is 497. The molecule has 2 amide bonds. The molecule has 1 aliphatic carbocycles. The zero-order valence-electron chi connectivity index (χ0n) is 10.3. The summed E-state index contributed by atoms with van der Waals surface area (Å²) in [5.41, 5.74) is 6.13. The third-order valence-electron chi connectivity index (χ3n) is 3.87. The lowest BCUT2D eigenvalue weighted by molar-refractivity contribution is -0.0128. The minimum Gasteiger partial charge on any atom is -0.376 e. The maximum absolute atomic E-state index is 13.4. The van der Waals surface area contributed by atoms with Gasteiger partial charge >= 0.3 is 6.03 Å². The molecule has 1 aliphatic heterocycles. The number of ether oxygens (including phenoxy) is 1. The third kappa shape index (κ3) is 2.17. The van der Waals surface area contributed by atoms with Crippen LogP contribution in [0.5, 0.6) is 0 Å². The van der Waals surface area contributed by atoms with Crippen molar-refractivity contribution >= 4 is 11.7 Å². The number of amides is 2. The molecule has 1 saturated heterocycles. The van der Waals surface area contributed by atoms with E-state index in [1.807, 2.05) is 0 Å². The number of carbonyl (C=O) groups excluding carboxylic acids is 1. The zero-order chi connectivity index (χ0) is 13.4. The highest BCUT2D eigenvalue weighted by Crippen LogP contribution is 2.37. The van der Waals surface area contributed by atoms with Gasteiger partial charge in [-0.25, -0.2) is 9.18 Å². The highest BCUT2D eigenvalue weighted by Gasteiger charge is 2.52. The predicted octanol–water partition coefficient (Wildman–Crippen LogP) is 1.06. The molecule has 1 aromatic carbocycles. The van der Waals surface area contributed by atoms with Crippen molar-refractivity contribution in [1.29, 1.82) is 0 Å². The molecule has 4 atom stereocenters. The van der Waals surface area contributed by atoms with E-state index < -0.39 is 11.8 Å². The Morgan fingerprint density at radius 3 is 3.00 bits per heavy atom. The highest BCUT2D eigenvalue weighted by atomic mass is 19.1. The van der Waals surface area contributed by atoms with E-state index >= 15 is 0 Å². The number of benzene rings is 1. The monoisotopic (exact) mass is 265 g/mol. The van der Waals surface area contributed by atoms with Gasteiger partial charge < -0.3 is 21.1 Å². The van der Waals surface area contributed by atoms with E-state index in [1.54, 1.807) is 12.1 Å². The number of hydrogen-bond acceptors (Lipinski definition) is 3. The number of para-hydroxylation sites is 1. The summed E-state index contributed by atoms with van der Waals surface area (Å²) in [5, 5.41) is 5.22. The van der Waals surface area contributed by atoms with Crippen molar-refractivity contribution in [3.63, 3.8) is 0 Å². The molecule has 2 aliphatic rings. The van der Waals surface area contributed by atoms with E-state index in [4.69, 9.17) is 10.5 Å². The average molecular weight is 265 g/mol. The van der Waals surface area contributed by atoms with Crippen molar-refractivity contribution in [2.75, 3.05) is 11.9 Å². The number of anilines is 1. The molecule has 0 radical (unpaired) electrons. The predicted molar refractivity (Wildman–Crippen MR) is 68.2 cm³/mol. The van der Waals surface area contributed by atoms with Gasteiger partial charge in [0, 0.05) is 18.6 Å². The number of hydrogen-bond donors (Lipinski definition) is 3. The van der Waals surface area contributed by atoms with E-state index in [0.717, 1.165) is 6.42 Å². The van der Waals surface area contributed by atoms with Crippen LogP contribution >= 0.6 is 0 Å². The van der Waals surface area contributed by atoms with Gasteiger partial charge in [0.25, 0.3) is 0 Å². The summed E-state index contributed by atoms with van der Waals surface area (Å²) in [6.07, 6.45) is 0.945. The van der Waals surface area contributed by atoms with Crippen molar-refractivity contribution in [2.24, 2.45) is 11.7 Å². The van der Waals surface area contributed by atoms with Crippen LogP contribution in [0.2, 0.25) is 0 Å². The van der Waals surface area contributed by atoms with Gasteiger partial charge in [-0.2, -0.15) is 0 Å². The standard InChI is InChI=1S/C13H16FN3O2/c14-8-3-1-2-4-9(8)16-13(18)17-11-10(15)7-5-6-19-12(7)11/h1-4,7,10-12H,5-6,15H2,(H2,16,17,18). The molecular formula is C13H16FN3O2. The Balaban J connectivity index is 1.59. The van der Waals surface area contributed by atoms with Crippen LogP contribution in [-0.4, -0.2) is 30.8 Å². The molecule has 6 heteroatoms. The van der Waals surface area contributed by atoms with Crippen molar-refractivity contribution in [2.45, 2.75) is 24.6 Å². The number of nitrogens with one attached hydrogen (secondary N) is 2. The molecule has 1 aromatic rings. The van der Waals surface area contributed by atoms with Crippen molar-refractivity contribution in [3.8, 4) is 0 Å². The SMILES string of the molecule is NC1C2CCOC2C1NC(=O)Nc1ccccc1F. The first-order chi connectivity index (χ1) is 9.16. The topological polar surface area (TPSA) is 76.4 Å². The van der Waals surface area contributed by atoms with E-state index in [2.05, 4.69) is 10.6 Å². The summed E-state index contributed by atoms with van der Waals surface area (Å²) in [5.74, 6) is -0.135. The van der Waals surface area contributed by atoms with Crippen LogP contribution in [0.15, 0.2) is 24.3 Å². The Kier molecular flexibility index (Phi) is 3.12.